The third-order valence-electron chi connectivity index (χ3n) is 2.87. The zero-order chi connectivity index (χ0) is 15.1. The van der Waals surface area contributed by atoms with Crippen molar-refractivity contribution >= 4 is 5.69 Å². The van der Waals surface area contributed by atoms with Crippen LogP contribution in [0.15, 0.2) is 24.3 Å². The summed E-state index contributed by atoms with van der Waals surface area (Å²) in [7, 11) is 0. The van der Waals surface area contributed by atoms with Gasteiger partial charge in [-0.1, -0.05) is 12.1 Å². The molecule has 0 atom stereocenters. The normalized spacial score (nSPS) is 11.7. The Bertz CT molecular complexity index is 677. The van der Waals surface area contributed by atoms with Gasteiger partial charge in [-0.25, -0.2) is 4.68 Å². The molecule has 0 saturated heterocycles. The first-order valence-corrected chi connectivity index (χ1v) is 5.60. The Kier molecular flexibility index (Phi) is 3.24. The molecule has 0 aliphatic rings. The lowest BCUT2D eigenvalue weighted by Crippen LogP contribution is -2.12. The Labute approximate surface area is 111 Å². The zero-order valence-corrected chi connectivity index (χ0v) is 10.6. The monoisotopic (exact) mass is 285 g/mol. The van der Waals surface area contributed by atoms with Crippen LogP contribution in [0.2, 0.25) is 0 Å². The van der Waals surface area contributed by atoms with Crippen molar-refractivity contribution in [3.63, 3.8) is 0 Å². The van der Waals surface area contributed by atoms with Crippen LogP contribution in [0.3, 0.4) is 0 Å². The van der Waals surface area contributed by atoms with Gasteiger partial charge in [-0.15, -0.1) is 0 Å². The van der Waals surface area contributed by atoms with Gasteiger partial charge in [0.25, 0.3) is 0 Å². The second-order valence-electron chi connectivity index (χ2n) is 4.20. The van der Waals surface area contributed by atoms with Crippen molar-refractivity contribution in [3.05, 3.63) is 51.3 Å². The van der Waals surface area contributed by atoms with E-state index >= 15 is 0 Å². The lowest BCUT2D eigenvalue weighted by molar-refractivity contribution is -0.386. The van der Waals surface area contributed by atoms with Crippen molar-refractivity contribution in [2.24, 2.45) is 0 Å². The van der Waals surface area contributed by atoms with Crippen molar-refractivity contribution in [1.29, 1.82) is 0 Å². The number of benzene rings is 1. The van der Waals surface area contributed by atoms with E-state index in [0.717, 1.165) is 10.7 Å². The fourth-order valence-corrected chi connectivity index (χ4v) is 2.03. The van der Waals surface area contributed by atoms with Gasteiger partial charge in [0.05, 0.1) is 16.2 Å². The molecule has 106 valence electrons. The number of rotatable bonds is 2. The highest BCUT2D eigenvalue weighted by molar-refractivity contribution is 5.49. The van der Waals surface area contributed by atoms with Crippen LogP contribution in [0.25, 0.3) is 5.69 Å². The number of aromatic nitrogens is 2. The molecule has 0 aliphatic carbocycles. The molecular formula is C12H10F3N3O2. The minimum Gasteiger partial charge on any atom is -0.258 e. The first kappa shape index (κ1) is 14.0. The number of aryl methyl sites for hydroxylation is 1. The van der Waals surface area contributed by atoms with Gasteiger partial charge in [-0.05, 0) is 26.0 Å². The summed E-state index contributed by atoms with van der Waals surface area (Å²) in [5.41, 5.74) is -1.26. The van der Waals surface area contributed by atoms with Gasteiger partial charge < -0.3 is 0 Å². The Balaban J connectivity index is 2.71. The highest BCUT2D eigenvalue weighted by atomic mass is 19.4. The number of nitro groups is 1. The third kappa shape index (κ3) is 2.24. The van der Waals surface area contributed by atoms with Crippen LogP contribution in [-0.2, 0) is 6.18 Å². The van der Waals surface area contributed by atoms with Crippen molar-refractivity contribution in [1.82, 2.24) is 9.78 Å². The van der Waals surface area contributed by atoms with E-state index in [1.54, 1.807) is 0 Å². The molecule has 0 amide bonds. The van der Waals surface area contributed by atoms with Crippen molar-refractivity contribution < 1.29 is 18.1 Å². The van der Waals surface area contributed by atoms with E-state index in [1.165, 1.54) is 32.0 Å². The lowest BCUT2D eigenvalue weighted by Gasteiger charge is -2.13. The number of nitrogens with zero attached hydrogens (tertiary/aromatic N) is 3. The average Bonchev–Trinajstić information content (AvgIpc) is 2.63. The second kappa shape index (κ2) is 4.62. The highest BCUT2D eigenvalue weighted by Crippen LogP contribution is 2.35. The van der Waals surface area contributed by atoms with E-state index in [1.807, 2.05) is 0 Å². The molecule has 0 bridgehead atoms. The van der Waals surface area contributed by atoms with Crippen molar-refractivity contribution in [3.8, 4) is 5.69 Å². The minimum atomic E-state index is -4.56. The van der Waals surface area contributed by atoms with Crippen LogP contribution in [0, 0.1) is 24.0 Å². The van der Waals surface area contributed by atoms with Crippen LogP contribution in [0.1, 0.15) is 17.0 Å². The Hall–Kier alpha value is -2.38. The van der Waals surface area contributed by atoms with Gasteiger partial charge >= 0.3 is 11.9 Å². The maximum absolute atomic E-state index is 13.0. The number of para-hydroxylation sites is 1. The summed E-state index contributed by atoms with van der Waals surface area (Å²) < 4.78 is 39.8. The maximum Gasteiger partial charge on any atom is 0.418 e. The van der Waals surface area contributed by atoms with Gasteiger partial charge in [-0.2, -0.15) is 18.3 Å². The summed E-state index contributed by atoms with van der Waals surface area (Å²) in [6.07, 6.45) is -4.56. The Morgan fingerprint density at radius 2 is 1.85 bits per heavy atom. The highest BCUT2D eigenvalue weighted by Gasteiger charge is 2.35. The number of hydrogen-bond acceptors (Lipinski definition) is 3. The van der Waals surface area contributed by atoms with E-state index in [2.05, 4.69) is 5.10 Å². The van der Waals surface area contributed by atoms with Crippen molar-refractivity contribution in [2.75, 3.05) is 0 Å². The molecule has 0 spiro atoms. The predicted molar refractivity (Wildman–Crippen MR) is 64.7 cm³/mol. The smallest absolute Gasteiger partial charge is 0.258 e. The summed E-state index contributed by atoms with van der Waals surface area (Å²) in [6, 6.07) is 4.82. The second-order valence-corrected chi connectivity index (χ2v) is 4.20. The van der Waals surface area contributed by atoms with E-state index in [0.29, 0.717) is 0 Å². The maximum atomic E-state index is 13.0. The van der Waals surface area contributed by atoms with E-state index in [-0.39, 0.29) is 22.8 Å². The van der Waals surface area contributed by atoms with Crippen LogP contribution in [0.5, 0.6) is 0 Å². The molecule has 0 aliphatic heterocycles. The Morgan fingerprint density at radius 3 is 2.35 bits per heavy atom. The quantitative estimate of drug-likeness (QED) is 0.627. The summed E-state index contributed by atoms with van der Waals surface area (Å²) in [4.78, 5) is 10.3. The standard InChI is InChI=1S/C12H10F3N3O2/c1-7-11(18(19)20)8(2)17(16-7)10-6-4-3-5-9(10)12(13,14)15/h3-6H,1-2H3. The van der Waals surface area contributed by atoms with Crippen molar-refractivity contribution in [2.45, 2.75) is 20.0 Å². The van der Waals surface area contributed by atoms with Gasteiger partial charge in [0.15, 0.2) is 0 Å². The fraction of sp³-hybridized carbons (Fsp3) is 0.250. The van der Waals surface area contributed by atoms with Crippen LogP contribution in [-0.4, -0.2) is 14.7 Å². The topological polar surface area (TPSA) is 61.0 Å². The molecule has 0 radical (unpaired) electrons. The van der Waals surface area contributed by atoms with E-state index in [9.17, 15) is 23.3 Å². The number of halogens is 3. The molecule has 2 rings (SSSR count). The molecular weight excluding hydrogens is 275 g/mol. The minimum absolute atomic E-state index is 0.0594. The van der Waals surface area contributed by atoms with Crippen LogP contribution in [0.4, 0.5) is 18.9 Å². The molecule has 8 heteroatoms. The number of alkyl halides is 3. The molecule has 5 nitrogen and oxygen atoms in total. The van der Waals surface area contributed by atoms with Gasteiger partial charge in [0.2, 0.25) is 0 Å². The van der Waals surface area contributed by atoms with Gasteiger partial charge in [0, 0.05) is 0 Å². The zero-order valence-electron chi connectivity index (χ0n) is 10.6. The fourth-order valence-electron chi connectivity index (χ4n) is 2.03. The van der Waals surface area contributed by atoms with Crippen LogP contribution < -0.4 is 0 Å². The molecule has 2 aromatic rings. The van der Waals surface area contributed by atoms with Crippen LogP contribution >= 0.6 is 0 Å². The molecule has 0 N–H and O–H groups in total. The average molecular weight is 285 g/mol. The van der Waals surface area contributed by atoms with Gasteiger partial charge in [-0.3, -0.25) is 10.1 Å². The van der Waals surface area contributed by atoms with Gasteiger partial charge in [0.1, 0.15) is 11.4 Å². The van der Waals surface area contributed by atoms with E-state index in [4.69, 9.17) is 0 Å². The Morgan fingerprint density at radius 1 is 1.25 bits per heavy atom. The largest absolute Gasteiger partial charge is 0.418 e. The molecule has 1 aromatic carbocycles. The molecule has 1 heterocycles. The molecule has 0 unspecified atom stereocenters. The lowest BCUT2D eigenvalue weighted by atomic mass is 10.1. The SMILES string of the molecule is Cc1nn(-c2ccccc2C(F)(F)F)c(C)c1[N+](=O)[O-]. The summed E-state index contributed by atoms with van der Waals surface area (Å²) >= 11 is 0. The number of hydrogen-bond donors (Lipinski definition) is 0. The molecule has 0 fully saturated rings. The summed E-state index contributed by atoms with van der Waals surface area (Å²) in [5, 5.41) is 14.7. The summed E-state index contributed by atoms with van der Waals surface area (Å²) in [5.74, 6) is 0. The molecule has 1 aromatic heterocycles. The third-order valence-corrected chi connectivity index (χ3v) is 2.87. The predicted octanol–water partition coefficient (Wildman–Crippen LogP) is 3.42. The molecule has 0 saturated carbocycles. The van der Waals surface area contributed by atoms with E-state index < -0.39 is 16.7 Å². The summed E-state index contributed by atoms with van der Waals surface area (Å²) in [6.45, 7) is 2.75. The first-order chi connectivity index (χ1) is 9.23. The molecule has 20 heavy (non-hydrogen) atoms. The first-order valence-electron chi connectivity index (χ1n) is 5.60.